The molecule has 0 radical (unpaired) electrons. The number of rotatable bonds is 22. The van der Waals surface area contributed by atoms with Gasteiger partial charge in [0.2, 0.25) is 5.91 Å². The molecule has 1 amide bonds. The Morgan fingerprint density at radius 2 is 1.16 bits per heavy atom. The number of carbonyl (C=O) groups excluding carboxylic acids is 1. The summed E-state index contributed by atoms with van der Waals surface area (Å²) < 4.78 is 0. The van der Waals surface area contributed by atoms with Crippen molar-refractivity contribution < 1.29 is 14.7 Å². The number of hydrogen-bond acceptors (Lipinski definition) is 2. The van der Waals surface area contributed by atoms with E-state index in [-0.39, 0.29) is 11.5 Å². The average molecular weight is 522 g/mol. The van der Waals surface area contributed by atoms with E-state index in [0.717, 1.165) is 44.1 Å². The van der Waals surface area contributed by atoms with Crippen molar-refractivity contribution in [2.24, 2.45) is 0 Å². The first-order chi connectivity index (χ1) is 18.6. The largest absolute Gasteiger partial charge is 0.478 e. The molecule has 0 aromatic heterocycles. The summed E-state index contributed by atoms with van der Waals surface area (Å²) in [6.45, 7) is 2.85. The molecule has 4 nitrogen and oxygen atoms in total. The van der Waals surface area contributed by atoms with Gasteiger partial charge in [0.05, 0.1) is 5.56 Å². The lowest BCUT2D eigenvalue weighted by atomic mass is 10.1. The molecule has 0 aliphatic heterocycles. The highest BCUT2D eigenvalue weighted by Gasteiger charge is 2.03. The van der Waals surface area contributed by atoms with E-state index in [1.165, 1.54) is 77.0 Å². The third-order valence-corrected chi connectivity index (χ3v) is 6.79. The summed E-state index contributed by atoms with van der Waals surface area (Å²) >= 11 is 0. The molecule has 0 spiro atoms. The SMILES string of the molecule is CCCCCCCCCCCCC#CC#CCCCCCCCCC(=O)NCCc1ccc(C(=O)O)cc1. The zero-order valence-corrected chi connectivity index (χ0v) is 23.9. The Labute approximate surface area is 232 Å². The second-order valence-electron chi connectivity index (χ2n) is 10.3. The van der Waals surface area contributed by atoms with Crippen LogP contribution in [0.4, 0.5) is 0 Å². The van der Waals surface area contributed by atoms with E-state index in [9.17, 15) is 9.59 Å². The molecule has 0 aliphatic carbocycles. The average Bonchev–Trinajstić information content (AvgIpc) is 2.92. The fraction of sp³-hybridized carbons (Fsp3) is 0.647. The van der Waals surface area contributed by atoms with Crippen LogP contribution in [0, 0.1) is 23.7 Å². The van der Waals surface area contributed by atoms with Crippen LogP contribution in [-0.2, 0) is 11.2 Å². The molecule has 1 rings (SSSR count). The molecule has 2 N–H and O–H groups in total. The molecule has 38 heavy (non-hydrogen) atoms. The second-order valence-corrected chi connectivity index (χ2v) is 10.3. The van der Waals surface area contributed by atoms with Gasteiger partial charge in [0.1, 0.15) is 0 Å². The van der Waals surface area contributed by atoms with Crippen molar-refractivity contribution >= 4 is 11.9 Å². The van der Waals surface area contributed by atoms with Gasteiger partial charge in [-0.15, -0.1) is 0 Å². The number of unbranched alkanes of at least 4 members (excludes halogenated alkanes) is 16. The van der Waals surface area contributed by atoms with Crippen LogP contribution in [-0.4, -0.2) is 23.5 Å². The number of carboxylic acids is 1. The van der Waals surface area contributed by atoms with E-state index < -0.39 is 5.97 Å². The van der Waals surface area contributed by atoms with Gasteiger partial charge < -0.3 is 10.4 Å². The van der Waals surface area contributed by atoms with Crippen LogP contribution in [0.15, 0.2) is 24.3 Å². The molecule has 210 valence electrons. The molecular weight excluding hydrogens is 470 g/mol. The number of carboxylic acid groups (broad SMARTS) is 1. The standard InChI is InChI=1S/C34H51NO3/c1-2-3-4-5-6-7-8-9-10-11-12-13-14-15-16-17-18-19-20-21-22-23-24-33(36)35-30-29-31-25-27-32(28-26-31)34(37)38/h25-28H,2-12,17-24,29-30H2,1H3,(H,35,36)(H,37,38). The van der Waals surface area contributed by atoms with Crippen LogP contribution in [0.25, 0.3) is 0 Å². The van der Waals surface area contributed by atoms with Gasteiger partial charge in [0.15, 0.2) is 0 Å². The van der Waals surface area contributed by atoms with Crippen molar-refractivity contribution in [3.8, 4) is 23.7 Å². The fourth-order valence-electron chi connectivity index (χ4n) is 4.37. The third kappa shape index (κ3) is 20.4. The summed E-state index contributed by atoms with van der Waals surface area (Å²) in [6.07, 6.45) is 23.4. The highest BCUT2D eigenvalue weighted by Crippen LogP contribution is 2.11. The van der Waals surface area contributed by atoms with Crippen molar-refractivity contribution in [3.63, 3.8) is 0 Å². The summed E-state index contributed by atoms with van der Waals surface area (Å²) in [5.41, 5.74) is 1.31. The summed E-state index contributed by atoms with van der Waals surface area (Å²) in [4.78, 5) is 22.8. The number of nitrogens with one attached hydrogen (secondary N) is 1. The maximum absolute atomic E-state index is 12.0. The van der Waals surface area contributed by atoms with Crippen molar-refractivity contribution in [1.82, 2.24) is 5.32 Å². The van der Waals surface area contributed by atoms with Crippen LogP contribution in [0.5, 0.6) is 0 Å². The molecular formula is C34H51NO3. The van der Waals surface area contributed by atoms with E-state index >= 15 is 0 Å². The summed E-state index contributed by atoms with van der Waals surface area (Å²) in [6, 6.07) is 6.80. The Bertz CT molecular complexity index is 867. The summed E-state index contributed by atoms with van der Waals surface area (Å²) in [5, 5.41) is 11.9. The van der Waals surface area contributed by atoms with Gasteiger partial charge in [-0.3, -0.25) is 4.79 Å². The first kappa shape index (κ1) is 33.3. The lowest BCUT2D eigenvalue weighted by molar-refractivity contribution is -0.121. The van der Waals surface area contributed by atoms with Crippen LogP contribution < -0.4 is 5.32 Å². The van der Waals surface area contributed by atoms with E-state index in [0.29, 0.717) is 19.4 Å². The van der Waals surface area contributed by atoms with Crippen molar-refractivity contribution in [3.05, 3.63) is 35.4 Å². The van der Waals surface area contributed by atoms with Gasteiger partial charge in [-0.1, -0.05) is 114 Å². The molecule has 0 saturated carbocycles. The Kier molecular flexibility index (Phi) is 21.6. The first-order valence-electron chi connectivity index (χ1n) is 15.2. The van der Waals surface area contributed by atoms with Crippen molar-refractivity contribution in [2.75, 3.05) is 6.54 Å². The molecule has 1 aromatic rings. The zero-order valence-electron chi connectivity index (χ0n) is 23.9. The number of hydrogen-bond donors (Lipinski definition) is 2. The Morgan fingerprint density at radius 3 is 1.66 bits per heavy atom. The van der Waals surface area contributed by atoms with E-state index in [1.54, 1.807) is 24.3 Å². The summed E-state index contributed by atoms with van der Waals surface area (Å²) in [7, 11) is 0. The van der Waals surface area contributed by atoms with Gasteiger partial charge in [0, 0.05) is 25.8 Å². The van der Waals surface area contributed by atoms with E-state index in [1.807, 2.05) is 0 Å². The molecule has 0 bridgehead atoms. The molecule has 0 aliphatic rings. The topological polar surface area (TPSA) is 66.4 Å². The predicted octanol–water partition coefficient (Wildman–Crippen LogP) is 8.48. The predicted molar refractivity (Wildman–Crippen MR) is 159 cm³/mol. The van der Waals surface area contributed by atoms with Crippen molar-refractivity contribution in [1.29, 1.82) is 0 Å². The normalized spacial score (nSPS) is 10.2. The lowest BCUT2D eigenvalue weighted by Crippen LogP contribution is -2.25. The number of amides is 1. The highest BCUT2D eigenvalue weighted by atomic mass is 16.4. The lowest BCUT2D eigenvalue weighted by Gasteiger charge is -2.06. The molecule has 0 heterocycles. The Morgan fingerprint density at radius 1 is 0.684 bits per heavy atom. The van der Waals surface area contributed by atoms with E-state index in [2.05, 4.69) is 35.9 Å². The number of carbonyl (C=O) groups is 2. The molecule has 1 aromatic carbocycles. The monoisotopic (exact) mass is 521 g/mol. The van der Waals surface area contributed by atoms with E-state index in [4.69, 9.17) is 5.11 Å². The fourth-order valence-corrected chi connectivity index (χ4v) is 4.37. The van der Waals surface area contributed by atoms with Gasteiger partial charge in [0.25, 0.3) is 0 Å². The maximum atomic E-state index is 12.0. The van der Waals surface area contributed by atoms with Crippen LogP contribution >= 0.6 is 0 Å². The van der Waals surface area contributed by atoms with Crippen LogP contribution in [0.1, 0.15) is 145 Å². The number of benzene rings is 1. The minimum atomic E-state index is -0.923. The quantitative estimate of drug-likeness (QED) is 0.119. The van der Waals surface area contributed by atoms with Gasteiger partial charge in [-0.25, -0.2) is 4.79 Å². The molecule has 0 unspecified atom stereocenters. The zero-order chi connectivity index (χ0) is 27.5. The van der Waals surface area contributed by atoms with Crippen molar-refractivity contribution in [2.45, 2.75) is 135 Å². The minimum Gasteiger partial charge on any atom is -0.478 e. The third-order valence-electron chi connectivity index (χ3n) is 6.79. The second kappa shape index (κ2) is 24.6. The Balaban J connectivity index is 1.86. The van der Waals surface area contributed by atoms with Crippen LogP contribution in [0.2, 0.25) is 0 Å². The molecule has 0 atom stereocenters. The molecule has 4 heteroatoms. The minimum absolute atomic E-state index is 0.0942. The van der Waals surface area contributed by atoms with Crippen LogP contribution in [0.3, 0.4) is 0 Å². The summed E-state index contributed by atoms with van der Waals surface area (Å²) in [5.74, 6) is 11.6. The first-order valence-corrected chi connectivity index (χ1v) is 15.2. The van der Waals surface area contributed by atoms with Gasteiger partial charge >= 0.3 is 5.97 Å². The van der Waals surface area contributed by atoms with Gasteiger partial charge in [-0.05, 0) is 55.2 Å². The number of aromatic carboxylic acids is 1. The maximum Gasteiger partial charge on any atom is 0.335 e. The molecule has 0 saturated heterocycles. The smallest absolute Gasteiger partial charge is 0.335 e. The Hall–Kier alpha value is -2.72. The molecule has 0 fully saturated rings. The van der Waals surface area contributed by atoms with Gasteiger partial charge in [-0.2, -0.15) is 0 Å². The highest BCUT2D eigenvalue weighted by molar-refractivity contribution is 5.87.